The summed E-state index contributed by atoms with van der Waals surface area (Å²) in [5.41, 5.74) is 2.17. The molecule has 1 aromatic rings. The zero-order chi connectivity index (χ0) is 12.4. The Bertz CT molecular complexity index is 433. The molecule has 0 spiro atoms. The van der Waals surface area contributed by atoms with Gasteiger partial charge in [0.05, 0.1) is 5.69 Å². The molecule has 1 aliphatic heterocycles. The quantitative estimate of drug-likeness (QED) is 0.832. The van der Waals surface area contributed by atoms with Crippen molar-refractivity contribution in [3.05, 3.63) is 28.2 Å². The van der Waals surface area contributed by atoms with Gasteiger partial charge in [-0.05, 0) is 43.5 Å². The number of fused-ring (bicyclic) bond motifs is 1. The predicted octanol–water partition coefficient (Wildman–Crippen LogP) is 3.75. The van der Waals surface area contributed by atoms with Crippen molar-refractivity contribution >= 4 is 27.7 Å². The van der Waals surface area contributed by atoms with Gasteiger partial charge in [-0.1, -0.05) is 22.9 Å². The van der Waals surface area contributed by atoms with E-state index in [1.165, 1.54) is 5.56 Å². The molecule has 0 aliphatic carbocycles. The summed E-state index contributed by atoms with van der Waals surface area (Å²) in [4.78, 5) is 13.7. The number of carbonyl (C=O) groups is 1. The summed E-state index contributed by atoms with van der Waals surface area (Å²) < 4.78 is 6.40. The fourth-order valence-corrected chi connectivity index (χ4v) is 2.29. The van der Waals surface area contributed by atoms with Crippen molar-refractivity contribution < 1.29 is 9.53 Å². The van der Waals surface area contributed by atoms with Gasteiger partial charge in [0.25, 0.3) is 0 Å². The molecule has 1 aromatic carbocycles. The molecule has 0 fully saturated rings. The molecule has 3 nitrogen and oxygen atoms in total. The molecule has 1 heterocycles. The summed E-state index contributed by atoms with van der Waals surface area (Å²) in [5.74, 6) is 0. The highest BCUT2D eigenvalue weighted by Crippen LogP contribution is 2.31. The van der Waals surface area contributed by atoms with Crippen LogP contribution in [0.25, 0.3) is 0 Å². The lowest BCUT2D eigenvalue weighted by Gasteiger charge is -2.19. The lowest BCUT2D eigenvalue weighted by Crippen LogP contribution is -2.32. The van der Waals surface area contributed by atoms with Crippen molar-refractivity contribution in [1.82, 2.24) is 0 Å². The Morgan fingerprint density at radius 3 is 3.06 bits per heavy atom. The van der Waals surface area contributed by atoms with E-state index < -0.39 is 0 Å². The van der Waals surface area contributed by atoms with Crippen LogP contribution in [-0.2, 0) is 11.2 Å². The molecule has 0 saturated carbocycles. The topological polar surface area (TPSA) is 29.5 Å². The Balaban J connectivity index is 2.14. The first-order chi connectivity index (χ1) is 8.11. The lowest BCUT2D eigenvalue weighted by molar-refractivity contribution is 0.112. The molecule has 1 atom stereocenters. The van der Waals surface area contributed by atoms with E-state index in [-0.39, 0.29) is 12.2 Å². The zero-order valence-corrected chi connectivity index (χ0v) is 11.7. The first-order valence-corrected chi connectivity index (χ1v) is 6.67. The van der Waals surface area contributed by atoms with E-state index in [1.54, 1.807) is 4.90 Å². The fourth-order valence-electron chi connectivity index (χ4n) is 1.88. The number of hydrogen-bond acceptors (Lipinski definition) is 2. The number of amides is 1. The van der Waals surface area contributed by atoms with E-state index >= 15 is 0 Å². The van der Waals surface area contributed by atoms with Crippen LogP contribution in [0.1, 0.15) is 25.8 Å². The number of benzene rings is 1. The summed E-state index contributed by atoms with van der Waals surface area (Å²) >= 11 is 3.44. The molecule has 0 saturated heterocycles. The van der Waals surface area contributed by atoms with Crippen LogP contribution in [0, 0.1) is 0 Å². The Morgan fingerprint density at radius 2 is 2.35 bits per heavy atom. The van der Waals surface area contributed by atoms with E-state index in [0.717, 1.165) is 23.0 Å². The second kappa shape index (κ2) is 5.08. The average Bonchev–Trinajstić information content (AvgIpc) is 2.71. The maximum absolute atomic E-state index is 12.0. The van der Waals surface area contributed by atoms with E-state index in [2.05, 4.69) is 22.0 Å². The summed E-state index contributed by atoms with van der Waals surface area (Å²) in [6.45, 7) is 4.63. The van der Waals surface area contributed by atoms with Crippen molar-refractivity contribution in [2.45, 2.75) is 32.8 Å². The minimum atomic E-state index is -0.236. The Hall–Kier alpha value is -1.03. The summed E-state index contributed by atoms with van der Waals surface area (Å²) in [6.07, 6.45) is 1.47. The van der Waals surface area contributed by atoms with Crippen molar-refractivity contribution in [3.63, 3.8) is 0 Å². The van der Waals surface area contributed by atoms with E-state index in [1.807, 2.05) is 26.0 Å². The lowest BCUT2D eigenvalue weighted by atomic mass is 10.2. The highest BCUT2D eigenvalue weighted by atomic mass is 79.9. The number of carbonyl (C=O) groups excluding carboxylic acids is 1. The van der Waals surface area contributed by atoms with Crippen LogP contribution in [0.15, 0.2) is 22.7 Å². The molecular formula is C13H16BrNO2. The highest BCUT2D eigenvalue weighted by molar-refractivity contribution is 9.10. The van der Waals surface area contributed by atoms with Gasteiger partial charge in [0.1, 0.15) is 6.10 Å². The molecule has 1 unspecified atom stereocenters. The third kappa shape index (κ3) is 2.63. The number of halogens is 1. The molecule has 0 N–H and O–H groups in total. The number of anilines is 1. The molecule has 0 radical (unpaired) electrons. The Morgan fingerprint density at radius 1 is 1.59 bits per heavy atom. The van der Waals surface area contributed by atoms with Crippen LogP contribution in [0.2, 0.25) is 0 Å². The van der Waals surface area contributed by atoms with Crippen LogP contribution < -0.4 is 4.90 Å². The van der Waals surface area contributed by atoms with Crippen LogP contribution in [0.4, 0.5) is 10.5 Å². The second-order valence-electron chi connectivity index (χ2n) is 4.28. The van der Waals surface area contributed by atoms with Crippen molar-refractivity contribution in [2.75, 3.05) is 11.4 Å². The van der Waals surface area contributed by atoms with Crippen LogP contribution in [0.5, 0.6) is 0 Å². The minimum absolute atomic E-state index is 0.0259. The van der Waals surface area contributed by atoms with Crippen molar-refractivity contribution in [2.24, 2.45) is 0 Å². The molecule has 17 heavy (non-hydrogen) atoms. The maximum atomic E-state index is 12.0. The van der Waals surface area contributed by atoms with Crippen LogP contribution >= 0.6 is 15.9 Å². The van der Waals surface area contributed by atoms with Gasteiger partial charge in [0, 0.05) is 11.0 Å². The zero-order valence-electron chi connectivity index (χ0n) is 10.1. The van der Waals surface area contributed by atoms with E-state index in [9.17, 15) is 4.79 Å². The van der Waals surface area contributed by atoms with Gasteiger partial charge in [0.2, 0.25) is 0 Å². The first-order valence-electron chi connectivity index (χ1n) is 5.88. The van der Waals surface area contributed by atoms with E-state index in [4.69, 9.17) is 4.74 Å². The van der Waals surface area contributed by atoms with Crippen molar-refractivity contribution in [3.8, 4) is 0 Å². The van der Waals surface area contributed by atoms with Gasteiger partial charge < -0.3 is 4.74 Å². The van der Waals surface area contributed by atoms with Crippen molar-refractivity contribution in [1.29, 1.82) is 0 Å². The number of ether oxygens (including phenoxy) is 1. The summed E-state index contributed by atoms with van der Waals surface area (Å²) in [7, 11) is 0. The molecule has 1 amide bonds. The molecule has 0 bridgehead atoms. The normalized spacial score (nSPS) is 15.6. The highest BCUT2D eigenvalue weighted by Gasteiger charge is 2.26. The molecule has 4 heteroatoms. The van der Waals surface area contributed by atoms with E-state index in [0.29, 0.717) is 6.54 Å². The Labute approximate surface area is 110 Å². The standard InChI is InChI=1S/C13H16BrNO2/c1-3-9(2)17-13(16)15-7-6-10-8-11(14)4-5-12(10)15/h4-5,8-9H,3,6-7H2,1-2H3. The molecule has 1 aliphatic rings. The summed E-state index contributed by atoms with van der Waals surface area (Å²) in [5, 5.41) is 0. The fraction of sp³-hybridized carbons (Fsp3) is 0.462. The molecule has 2 rings (SSSR count). The molecular weight excluding hydrogens is 282 g/mol. The van der Waals surface area contributed by atoms with Crippen LogP contribution in [-0.4, -0.2) is 18.7 Å². The maximum Gasteiger partial charge on any atom is 0.414 e. The number of rotatable bonds is 2. The molecule has 0 aromatic heterocycles. The first kappa shape index (κ1) is 12.4. The molecule has 92 valence electrons. The average molecular weight is 298 g/mol. The Kier molecular flexibility index (Phi) is 3.72. The second-order valence-corrected chi connectivity index (χ2v) is 5.19. The SMILES string of the molecule is CCC(C)OC(=O)N1CCc2cc(Br)ccc21. The van der Waals surface area contributed by atoms with Gasteiger partial charge in [-0.2, -0.15) is 0 Å². The van der Waals surface area contributed by atoms with Gasteiger partial charge in [-0.15, -0.1) is 0 Å². The van der Waals surface area contributed by atoms with Gasteiger partial charge in [-0.25, -0.2) is 4.79 Å². The van der Waals surface area contributed by atoms with Gasteiger partial charge in [0.15, 0.2) is 0 Å². The van der Waals surface area contributed by atoms with Gasteiger partial charge >= 0.3 is 6.09 Å². The third-order valence-corrected chi connectivity index (χ3v) is 3.53. The minimum Gasteiger partial charge on any atom is -0.446 e. The van der Waals surface area contributed by atoms with Crippen LogP contribution in [0.3, 0.4) is 0 Å². The summed E-state index contributed by atoms with van der Waals surface area (Å²) in [6, 6.07) is 5.98. The smallest absolute Gasteiger partial charge is 0.414 e. The van der Waals surface area contributed by atoms with Gasteiger partial charge in [-0.3, -0.25) is 4.90 Å². The largest absolute Gasteiger partial charge is 0.446 e. The number of nitrogens with zero attached hydrogens (tertiary/aromatic N) is 1. The third-order valence-electron chi connectivity index (χ3n) is 3.03. The monoisotopic (exact) mass is 297 g/mol. The number of hydrogen-bond donors (Lipinski definition) is 0. The predicted molar refractivity (Wildman–Crippen MR) is 71.4 cm³/mol.